The van der Waals surface area contributed by atoms with Crippen molar-refractivity contribution in [3.8, 4) is 11.4 Å². The Labute approximate surface area is 144 Å². The van der Waals surface area contributed by atoms with Crippen LogP contribution in [-0.2, 0) is 4.79 Å². The number of halogens is 1. The molecule has 3 rings (SSSR count). The first-order valence-electron chi connectivity index (χ1n) is 7.74. The van der Waals surface area contributed by atoms with Crippen LogP contribution in [0.1, 0.15) is 18.5 Å². The molecule has 0 radical (unpaired) electrons. The summed E-state index contributed by atoms with van der Waals surface area (Å²) in [4.78, 5) is 15.9. The molecule has 0 spiro atoms. The number of amides is 1. The lowest BCUT2D eigenvalue weighted by molar-refractivity contribution is -0.123. The number of rotatable bonds is 6. The molecule has 6 nitrogen and oxygen atoms in total. The summed E-state index contributed by atoms with van der Waals surface area (Å²) in [5.74, 6) is -0.154. The highest BCUT2D eigenvalue weighted by atomic mass is 19.1. The number of ether oxygens (including phenoxy) is 1. The minimum absolute atomic E-state index is 0.132. The second-order valence-electron chi connectivity index (χ2n) is 5.46. The van der Waals surface area contributed by atoms with Crippen molar-refractivity contribution in [2.75, 3.05) is 6.61 Å². The molecule has 25 heavy (non-hydrogen) atoms. The minimum atomic E-state index is -0.347. The van der Waals surface area contributed by atoms with Crippen LogP contribution in [0, 0.1) is 5.82 Å². The molecular weight excluding hydrogens is 323 g/mol. The number of benzene rings is 2. The van der Waals surface area contributed by atoms with Crippen molar-refractivity contribution in [2.45, 2.75) is 13.0 Å². The van der Waals surface area contributed by atoms with E-state index in [1.807, 2.05) is 31.2 Å². The van der Waals surface area contributed by atoms with E-state index in [-0.39, 0.29) is 24.4 Å². The molecule has 3 aromatic rings. The van der Waals surface area contributed by atoms with Gasteiger partial charge in [-0.2, -0.15) is 5.10 Å². The lowest BCUT2D eigenvalue weighted by Gasteiger charge is -2.15. The minimum Gasteiger partial charge on any atom is -0.484 e. The van der Waals surface area contributed by atoms with Crippen molar-refractivity contribution in [3.05, 3.63) is 72.6 Å². The van der Waals surface area contributed by atoms with Gasteiger partial charge in [-0.1, -0.05) is 12.1 Å². The number of hydrogen-bond donors (Lipinski definition) is 1. The highest BCUT2D eigenvalue weighted by molar-refractivity contribution is 5.78. The lowest BCUT2D eigenvalue weighted by atomic mass is 10.1. The van der Waals surface area contributed by atoms with Crippen molar-refractivity contribution in [1.82, 2.24) is 20.1 Å². The molecule has 0 fully saturated rings. The number of carbonyl (C=O) groups is 1. The van der Waals surface area contributed by atoms with E-state index < -0.39 is 0 Å². The van der Waals surface area contributed by atoms with Crippen molar-refractivity contribution < 1.29 is 13.9 Å². The third-order valence-electron chi connectivity index (χ3n) is 3.64. The van der Waals surface area contributed by atoms with Crippen LogP contribution in [0.2, 0.25) is 0 Å². The van der Waals surface area contributed by atoms with Gasteiger partial charge in [0, 0.05) is 0 Å². The van der Waals surface area contributed by atoms with Crippen molar-refractivity contribution in [1.29, 1.82) is 0 Å². The molecule has 128 valence electrons. The highest BCUT2D eigenvalue weighted by Gasteiger charge is 2.10. The first-order valence-corrected chi connectivity index (χ1v) is 7.74. The molecular formula is C18H17FN4O2. The maximum atomic E-state index is 12.8. The van der Waals surface area contributed by atoms with Crippen LogP contribution in [-0.4, -0.2) is 27.3 Å². The van der Waals surface area contributed by atoms with E-state index in [0.29, 0.717) is 5.75 Å². The summed E-state index contributed by atoms with van der Waals surface area (Å²) in [5.41, 5.74) is 1.85. The van der Waals surface area contributed by atoms with E-state index in [2.05, 4.69) is 15.4 Å². The van der Waals surface area contributed by atoms with Gasteiger partial charge in [-0.25, -0.2) is 14.1 Å². The summed E-state index contributed by atoms with van der Waals surface area (Å²) in [5, 5.41) is 6.92. The molecule has 2 aromatic carbocycles. The van der Waals surface area contributed by atoms with Crippen molar-refractivity contribution >= 4 is 5.91 Å². The Balaban J connectivity index is 1.53. The Morgan fingerprint density at radius 1 is 1.20 bits per heavy atom. The molecule has 1 atom stereocenters. The topological polar surface area (TPSA) is 69.0 Å². The van der Waals surface area contributed by atoms with Gasteiger partial charge in [-0.15, -0.1) is 0 Å². The van der Waals surface area contributed by atoms with Gasteiger partial charge in [0.05, 0.1) is 11.7 Å². The number of aromatic nitrogens is 3. The van der Waals surface area contributed by atoms with E-state index in [9.17, 15) is 9.18 Å². The summed E-state index contributed by atoms with van der Waals surface area (Å²) in [7, 11) is 0. The molecule has 0 aliphatic carbocycles. The second kappa shape index (κ2) is 7.57. The molecule has 1 unspecified atom stereocenters. The Kier molecular flexibility index (Phi) is 5.03. The zero-order valence-electron chi connectivity index (χ0n) is 13.6. The predicted octanol–water partition coefficient (Wildman–Crippen LogP) is 2.66. The number of nitrogens with zero attached hydrogens (tertiary/aromatic N) is 3. The molecule has 0 saturated heterocycles. The first kappa shape index (κ1) is 16.6. The molecule has 0 aliphatic rings. The van der Waals surface area contributed by atoms with Crippen molar-refractivity contribution in [2.24, 2.45) is 0 Å². The smallest absolute Gasteiger partial charge is 0.258 e. The third kappa shape index (κ3) is 4.41. The van der Waals surface area contributed by atoms with E-state index in [4.69, 9.17) is 4.74 Å². The summed E-state index contributed by atoms with van der Waals surface area (Å²) >= 11 is 0. The quantitative estimate of drug-likeness (QED) is 0.749. The van der Waals surface area contributed by atoms with Crippen LogP contribution in [0.3, 0.4) is 0 Å². The summed E-state index contributed by atoms with van der Waals surface area (Å²) in [6.07, 6.45) is 3.09. The van der Waals surface area contributed by atoms with E-state index in [1.54, 1.807) is 11.0 Å². The Hall–Kier alpha value is -3.22. The van der Waals surface area contributed by atoms with Crippen LogP contribution >= 0.6 is 0 Å². The monoisotopic (exact) mass is 340 g/mol. The van der Waals surface area contributed by atoms with Gasteiger partial charge in [-0.3, -0.25) is 4.79 Å². The highest BCUT2D eigenvalue weighted by Crippen LogP contribution is 2.15. The average molecular weight is 340 g/mol. The maximum absolute atomic E-state index is 12.8. The average Bonchev–Trinajstić information content (AvgIpc) is 3.16. The van der Waals surface area contributed by atoms with Crippen LogP contribution in [0.5, 0.6) is 5.75 Å². The van der Waals surface area contributed by atoms with Crippen LogP contribution < -0.4 is 10.1 Å². The fourth-order valence-corrected chi connectivity index (χ4v) is 2.30. The summed E-state index contributed by atoms with van der Waals surface area (Å²) in [6, 6.07) is 13.0. The molecule has 1 heterocycles. The normalized spacial score (nSPS) is 11.8. The molecule has 1 aromatic heterocycles. The molecule has 7 heteroatoms. The standard InChI is InChI=1S/C18H17FN4O2/c1-13(14-2-6-16(7-3-14)23-12-20-11-21-23)22-18(24)10-25-17-8-4-15(19)5-9-17/h2-9,11-13H,10H2,1H3,(H,22,24). The van der Waals surface area contributed by atoms with Gasteiger partial charge in [0.25, 0.3) is 5.91 Å². The number of hydrogen-bond acceptors (Lipinski definition) is 4. The fraction of sp³-hybridized carbons (Fsp3) is 0.167. The van der Waals surface area contributed by atoms with Gasteiger partial charge < -0.3 is 10.1 Å². The lowest BCUT2D eigenvalue weighted by Crippen LogP contribution is -2.31. The first-order chi connectivity index (χ1) is 12.1. The predicted molar refractivity (Wildman–Crippen MR) is 89.8 cm³/mol. The zero-order chi connectivity index (χ0) is 17.6. The molecule has 0 aliphatic heterocycles. The largest absolute Gasteiger partial charge is 0.484 e. The molecule has 1 amide bonds. The van der Waals surface area contributed by atoms with Crippen molar-refractivity contribution in [3.63, 3.8) is 0 Å². The molecule has 0 bridgehead atoms. The van der Waals surface area contributed by atoms with Gasteiger partial charge in [-0.05, 0) is 48.9 Å². The van der Waals surface area contributed by atoms with Gasteiger partial charge in [0.2, 0.25) is 0 Å². The van der Waals surface area contributed by atoms with Crippen LogP contribution in [0.4, 0.5) is 4.39 Å². The molecule has 1 N–H and O–H groups in total. The van der Waals surface area contributed by atoms with E-state index in [0.717, 1.165) is 11.3 Å². The van der Waals surface area contributed by atoms with Crippen LogP contribution in [0.15, 0.2) is 61.2 Å². The van der Waals surface area contributed by atoms with Crippen LogP contribution in [0.25, 0.3) is 5.69 Å². The Morgan fingerprint density at radius 3 is 2.56 bits per heavy atom. The Morgan fingerprint density at radius 2 is 1.92 bits per heavy atom. The maximum Gasteiger partial charge on any atom is 0.258 e. The van der Waals surface area contributed by atoms with E-state index >= 15 is 0 Å². The van der Waals surface area contributed by atoms with Gasteiger partial charge >= 0.3 is 0 Å². The third-order valence-corrected chi connectivity index (χ3v) is 3.64. The summed E-state index contributed by atoms with van der Waals surface area (Å²) < 4.78 is 19.8. The fourth-order valence-electron chi connectivity index (χ4n) is 2.30. The van der Waals surface area contributed by atoms with Gasteiger partial charge in [0.1, 0.15) is 24.2 Å². The Bertz CT molecular complexity index is 817. The molecule has 0 saturated carbocycles. The summed E-state index contributed by atoms with van der Waals surface area (Å²) in [6.45, 7) is 1.76. The van der Waals surface area contributed by atoms with Gasteiger partial charge in [0.15, 0.2) is 6.61 Å². The SMILES string of the molecule is CC(NC(=O)COc1ccc(F)cc1)c1ccc(-n2cncn2)cc1. The van der Waals surface area contributed by atoms with E-state index in [1.165, 1.54) is 30.6 Å². The number of carbonyl (C=O) groups excluding carboxylic acids is 1. The second-order valence-corrected chi connectivity index (χ2v) is 5.46. The zero-order valence-corrected chi connectivity index (χ0v) is 13.6. The number of nitrogens with one attached hydrogen (secondary N) is 1.